The zero-order chi connectivity index (χ0) is 16.9. The van der Waals surface area contributed by atoms with Crippen molar-refractivity contribution in [2.75, 3.05) is 6.61 Å². The van der Waals surface area contributed by atoms with Gasteiger partial charge in [0.05, 0.1) is 16.8 Å². The Bertz CT molecular complexity index is 760. The van der Waals surface area contributed by atoms with Gasteiger partial charge in [-0.25, -0.2) is 9.69 Å². The Kier molecular flexibility index (Phi) is 4.91. The lowest BCUT2D eigenvalue weighted by Crippen LogP contribution is -2.39. The van der Waals surface area contributed by atoms with E-state index in [0.29, 0.717) is 17.1 Å². The summed E-state index contributed by atoms with van der Waals surface area (Å²) in [6, 6.07) is 12.7. The molecule has 2 aromatic rings. The van der Waals surface area contributed by atoms with Crippen LogP contribution < -0.4 is 0 Å². The third-order valence-corrected chi connectivity index (χ3v) is 3.88. The molecule has 6 heteroatoms. The molecule has 1 atom stereocenters. The van der Waals surface area contributed by atoms with Gasteiger partial charge < -0.3 is 4.74 Å². The SMILES string of the molecule is O=C(C=Cc1ccc(Cl)cn1)N1C(=O)OCC1Cc1ccccc1. The topological polar surface area (TPSA) is 59.5 Å². The summed E-state index contributed by atoms with van der Waals surface area (Å²) in [4.78, 5) is 29.5. The van der Waals surface area contributed by atoms with E-state index in [1.807, 2.05) is 30.3 Å². The maximum atomic E-state index is 12.4. The van der Waals surface area contributed by atoms with Crippen molar-refractivity contribution in [2.45, 2.75) is 12.5 Å². The standard InChI is InChI=1S/C18H15ClN2O3/c19-14-6-7-15(20-11-14)8-9-17(22)21-16(12-24-18(21)23)10-13-4-2-1-3-5-13/h1-9,11,16H,10,12H2. The first-order valence-electron chi connectivity index (χ1n) is 7.47. The minimum Gasteiger partial charge on any atom is -0.447 e. The van der Waals surface area contributed by atoms with Crippen molar-refractivity contribution in [3.8, 4) is 0 Å². The molecule has 1 fully saturated rings. The maximum absolute atomic E-state index is 12.4. The van der Waals surface area contributed by atoms with E-state index in [4.69, 9.17) is 16.3 Å². The number of halogens is 1. The molecule has 1 saturated heterocycles. The van der Waals surface area contributed by atoms with Crippen LogP contribution in [0, 0.1) is 0 Å². The van der Waals surface area contributed by atoms with E-state index in [1.54, 1.807) is 18.2 Å². The van der Waals surface area contributed by atoms with Gasteiger partial charge in [-0.1, -0.05) is 41.9 Å². The van der Waals surface area contributed by atoms with Gasteiger partial charge in [0.2, 0.25) is 0 Å². The fraction of sp³-hybridized carbons (Fsp3) is 0.167. The molecule has 0 bridgehead atoms. The fourth-order valence-corrected chi connectivity index (χ4v) is 2.60. The van der Waals surface area contributed by atoms with Crippen LogP contribution in [0.4, 0.5) is 4.79 Å². The number of benzene rings is 1. The highest BCUT2D eigenvalue weighted by Gasteiger charge is 2.36. The predicted octanol–water partition coefficient (Wildman–Crippen LogP) is 3.34. The Morgan fingerprint density at radius 1 is 1.29 bits per heavy atom. The third-order valence-electron chi connectivity index (χ3n) is 3.66. The lowest BCUT2D eigenvalue weighted by molar-refractivity contribution is -0.124. The van der Waals surface area contributed by atoms with Crippen LogP contribution in [0.2, 0.25) is 5.02 Å². The number of hydrogen-bond acceptors (Lipinski definition) is 4. The highest BCUT2D eigenvalue weighted by Crippen LogP contribution is 2.18. The highest BCUT2D eigenvalue weighted by atomic mass is 35.5. The predicted molar refractivity (Wildman–Crippen MR) is 90.4 cm³/mol. The lowest BCUT2D eigenvalue weighted by atomic mass is 10.1. The van der Waals surface area contributed by atoms with Crippen LogP contribution in [0.25, 0.3) is 6.08 Å². The zero-order valence-electron chi connectivity index (χ0n) is 12.8. The third kappa shape index (κ3) is 3.81. The van der Waals surface area contributed by atoms with E-state index >= 15 is 0 Å². The zero-order valence-corrected chi connectivity index (χ0v) is 13.5. The summed E-state index contributed by atoms with van der Waals surface area (Å²) < 4.78 is 5.04. The van der Waals surface area contributed by atoms with E-state index in [0.717, 1.165) is 10.5 Å². The average molecular weight is 343 g/mol. The molecular weight excluding hydrogens is 328 g/mol. The van der Waals surface area contributed by atoms with Crippen molar-refractivity contribution in [2.24, 2.45) is 0 Å². The quantitative estimate of drug-likeness (QED) is 0.800. The van der Waals surface area contributed by atoms with Gasteiger partial charge in [-0.15, -0.1) is 0 Å². The largest absolute Gasteiger partial charge is 0.447 e. The number of imide groups is 1. The second-order valence-electron chi connectivity index (χ2n) is 5.36. The van der Waals surface area contributed by atoms with Gasteiger partial charge in [0.1, 0.15) is 6.61 Å². The van der Waals surface area contributed by atoms with E-state index in [1.165, 1.54) is 12.3 Å². The molecule has 24 heavy (non-hydrogen) atoms. The summed E-state index contributed by atoms with van der Waals surface area (Å²) in [5.41, 5.74) is 1.63. The summed E-state index contributed by atoms with van der Waals surface area (Å²) in [6.45, 7) is 0.201. The Morgan fingerprint density at radius 3 is 2.79 bits per heavy atom. The Hall–Kier alpha value is -2.66. The van der Waals surface area contributed by atoms with Gasteiger partial charge in [-0.05, 0) is 30.2 Å². The van der Waals surface area contributed by atoms with Crippen molar-refractivity contribution in [3.05, 3.63) is 71.0 Å². The summed E-state index contributed by atoms with van der Waals surface area (Å²) in [5.74, 6) is -0.421. The molecule has 0 spiro atoms. The monoisotopic (exact) mass is 342 g/mol. The molecule has 1 unspecified atom stereocenters. The molecule has 1 aliphatic rings. The van der Waals surface area contributed by atoms with E-state index < -0.39 is 12.0 Å². The highest BCUT2D eigenvalue weighted by molar-refractivity contribution is 6.30. The molecule has 0 radical (unpaired) electrons. The molecule has 1 aromatic carbocycles. The molecule has 2 heterocycles. The first-order chi connectivity index (χ1) is 11.6. The molecule has 0 N–H and O–H groups in total. The smallest absolute Gasteiger partial charge is 0.417 e. The lowest BCUT2D eigenvalue weighted by Gasteiger charge is -2.18. The minimum absolute atomic E-state index is 0.201. The molecule has 122 valence electrons. The molecule has 2 amide bonds. The van der Waals surface area contributed by atoms with Crippen LogP contribution in [-0.4, -0.2) is 34.5 Å². The second kappa shape index (κ2) is 7.27. The second-order valence-corrected chi connectivity index (χ2v) is 5.80. The molecule has 1 aromatic heterocycles. The van der Waals surface area contributed by atoms with Crippen LogP contribution in [0.1, 0.15) is 11.3 Å². The van der Waals surface area contributed by atoms with Gasteiger partial charge in [0.25, 0.3) is 5.91 Å². The average Bonchev–Trinajstić information content (AvgIpc) is 2.95. The van der Waals surface area contributed by atoms with Crippen LogP contribution in [-0.2, 0) is 16.0 Å². The number of carbonyl (C=O) groups excluding carboxylic acids is 2. The number of aromatic nitrogens is 1. The summed E-state index contributed by atoms with van der Waals surface area (Å²) >= 11 is 5.77. The van der Waals surface area contributed by atoms with Crippen molar-refractivity contribution < 1.29 is 14.3 Å². The molecule has 1 aliphatic heterocycles. The Morgan fingerprint density at radius 2 is 2.08 bits per heavy atom. The first-order valence-corrected chi connectivity index (χ1v) is 7.85. The Labute approximate surface area is 144 Å². The van der Waals surface area contributed by atoms with Crippen LogP contribution in [0.3, 0.4) is 0 Å². The van der Waals surface area contributed by atoms with Gasteiger partial charge in [0.15, 0.2) is 0 Å². The van der Waals surface area contributed by atoms with Crippen LogP contribution in [0.5, 0.6) is 0 Å². The van der Waals surface area contributed by atoms with E-state index in [9.17, 15) is 9.59 Å². The number of ether oxygens (including phenoxy) is 1. The van der Waals surface area contributed by atoms with Crippen molar-refractivity contribution in [1.29, 1.82) is 0 Å². The summed E-state index contributed by atoms with van der Waals surface area (Å²) in [7, 11) is 0. The fourth-order valence-electron chi connectivity index (χ4n) is 2.49. The van der Waals surface area contributed by atoms with Gasteiger partial charge in [-0.2, -0.15) is 0 Å². The molecule has 5 nitrogen and oxygen atoms in total. The van der Waals surface area contributed by atoms with Crippen molar-refractivity contribution in [1.82, 2.24) is 9.88 Å². The number of carbonyl (C=O) groups is 2. The first kappa shape index (κ1) is 16.2. The van der Waals surface area contributed by atoms with Crippen LogP contribution >= 0.6 is 11.6 Å². The molecule has 0 aliphatic carbocycles. The molecule has 0 saturated carbocycles. The normalized spacial score (nSPS) is 17.3. The van der Waals surface area contributed by atoms with E-state index in [-0.39, 0.29) is 12.6 Å². The van der Waals surface area contributed by atoms with E-state index in [2.05, 4.69) is 4.98 Å². The summed E-state index contributed by atoms with van der Waals surface area (Å²) in [6.07, 6.45) is 4.30. The van der Waals surface area contributed by atoms with Crippen molar-refractivity contribution in [3.63, 3.8) is 0 Å². The molecular formula is C18H15ClN2O3. The van der Waals surface area contributed by atoms with Crippen LogP contribution in [0.15, 0.2) is 54.7 Å². The summed E-state index contributed by atoms with van der Waals surface area (Å²) in [5, 5.41) is 0.518. The molecule has 3 rings (SSSR count). The number of nitrogens with zero attached hydrogens (tertiary/aromatic N) is 2. The maximum Gasteiger partial charge on any atom is 0.417 e. The van der Waals surface area contributed by atoms with Gasteiger partial charge in [0, 0.05) is 12.3 Å². The number of hydrogen-bond donors (Lipinski definition) is 0. The number of pyridine rings is 1. The van der Waals surface area contributed by atoms with Gasteiger partial charge >= 0.3 is 6.09 Å². The number of cyclic esters (lactones) is 1. The Balaban J connectivity index is 1.71. The number of amides is 2. The van der Waals surface area contributed by atoms with Crippen molar-refractivity contribution >= 4 is 29.7 Å². The van der Waals surface area contributed by atoms with Gasteiger partial charge in [-0.3, -0.25) is 9.78 Å². The minimum atomic E-state index is -0.616. The number of rotatable bonds is 4.